The summed E-state index contributed by atoms with van der Waals surface area (Å²) in [6, 6.07) is -0.544. The first kappa shape index (κ1) is 73.6. The highest BCUT2D eigenvalue weighted by Gasteiger charge is 2.20. The Morgan fingerprint density at radius 2 is 0.627 bits per heavy atom. The average Bonchev–Trinajstić information content (AvgIpc) is 3.41. The lowest BCUT2D eigenvalue weighted by Crippen LogP contribution is -2.45. The van der Waals surface area contributed by atoms with Gasteiger partial charge in [0.05, 0.1) is 25.4 Å². The monoisotopic (exact) mass is 1060 g/mol. The van der Waals surface area contributed by atoms with Gasteiger partial charge in [-0.25, -0.2) is 0 Å². The van der Waals surface area contributed by atoms with Gasteiger partial charge >= 0.3 is 5.97 Å². The van der Waals surface area contributed by atoms with Gasteiger partial charge in [0.15, 0.2) is 0 Å². The first-order chi connectivity index (χ1) is 37.0. The zero-order valence-electron chi connectivity index (χ0n) is 51.1. The molecule has 0 radical (unpaired) electrons. The normalized spacial score (nSPS) is 12.5. The van der Waals surface area contributed by atoms with Crippen molar-refractivity contribution in [2.24, 2.45) is 0 Å². The first-order valence-electron chi connectivity index (χ1n) is 34.4. The van der Waals surface area contributed by atoms with Crippen LogP contribution in [0.2, 0.25) is 0 Å². The molecule has 2 unspecified atom stereocenters. The molecule has 0 rings (SSSR count). The largest absolute Gasteiger partial charge is 0.466 e. The van der Waals surface area contributed by atoms with E-state index in [2.05, 4.69) is 31.3 Å². The van der Waals surface area contributed by atoms with Crippen molar-refractivity contribution in [1.29, 1.82) is 0 Å². The van der Waals surface area contributed by atoms with Crippen molar-refractivity contribution in [1.82, 2.24) is 5.32 Å². The van der Waals surface area contributed by atoms with Gasteiger partial charge in [0.25, 0.3) is 0 Å². The molecule has 75 heavy (non-hydrogen) atoms. The Hall–Kier alpha value is -1.40. The number of aliphatic hydroxyl groups is 2. The van der Waals surface area contributed by atoms with Crippen molar-refractivity contribution >= 4 is 11.9 Å². The van der Waals surface area contributed by atoms with Crippen LogP contribution in [0.4, 0.5) is 0 Å². The Morgan fingerprint density at radius 1 is 0.360 bits per heavy atom. The summed E-state index contributed by atoms with van der Waals surface area (Å²) in [6.45, 7) is 4.98. The molecule has 3 N–H and O–H groups in total. The Kier molecular flexibility index (Phi) is 63.9. The lowest BCUT2D eigenvalue weighted by molar-refractivity contribution is -0.143. The van der Waals surface area contributed by atoms with E-state index in [1.165, 1.54) is 315 Å². The van der Waals surface area contributed by atoms with Crippen LogP contribution in [0.1, 0.15) is 393 Å². The molecule has 0 aliphatic rings. The topological polar surface area (TPSA) is 95.9 Å². The summed E-state index contributed by atoms with van der Waals surface area (Å²) in [5.41, 5.74) is 0. The van der Waals surface area contributed by atoms with Crippen LogP contribution in [0.5, 0.6) is 0 Å². The lowest BCUT2D eigenvalue weighted by Gasteiger charge is -2.22. The van der Waals surface area contributed by atoms with Crippen molar-refractivity contribution in [3.8, 4) is 0 Å². The van der Waals surface area contributed by atoms with E-state index in [4.69, 9.17) is 4.74 Å². The van der Waals surface area contributed by atoms with E-state index < -0.39 is 12.1 Å². The molecule has 0 aliphatic heterocycles. The molecule has 0 aromatic rings. The molecule has 0 aliphatic carbocycles. The number of hydrogen-bond acceptors (Lipinski definition) is 5. The van der Waals surface area contributed by atoms with Gasteiger partial charge < -0.3 is 20.3 Å². The highest BCUT2D eigenvalue weighted by Crippen LogP contribution is 2.19. The molecule has 0 fully saturated rings. The van der Waals surface area contributed by atoms with Crippen LogP contribution >= 0.6 is 0 Å². The number of hydrogen-bond donors (Lipinski definition) is 3. The third kappa shape index (κ3) is 61.7. The second kappa shape index (κ2) is 65.1. The molecule has 0 saturated heterocycles. The zero-order valence-corrected chi connectivity index (χ0v) is 51.1. The van der Waals surface area contributed by atoms with Gasteiger partial charge in [-0.1, -0.05) is 341 Å². The quantitative estimate of drug-likeness (QED) is 0.0320. The van der Waals surface area contributed by atoms with E-state index in [1.54, 1.807) is 0 Å². The summed E-state index contributed by atoms with van der Waals surface area (Å²) in [5.74, 6) is -0.0280. The minimum absolute atomic E-state index is 0.00401. The number of esters is 1. The Balaban J connectivity index is 3.39. The van der Waals surface area contributed by atoms with Crippen LogP contribution in [-0.2, 0) is 14.3 Å². The van der Waals surface area contributed by atoms with Crippen molar-refractivity contribution in [2.45, 2.75) is 405 Å². The zero-order chi connectivity index (χ0) is 54.3. The molecule has 0 bridgehead atoms. The third-order valence-electron chi connectivity index (χ3n) is 16.3. The standard InChI is InChI=1S/C69H135NO5/c1-3-5-7-9-11-13-15-17-19-20-21-22-23-24-27-30-34-37-41-45-49-53-57-61-67(72)66(65-71)70-68(73)62-58-54-50-46-42-38-35-31-28-25-26-29-32-36-40-44-48-52-56-60-64-75-69(74)63-59-55-51-47-43-39-33-18-16-14-12-10-8-6-4-2/h18,33,66-67,71-72H,3-17,19-32,34-65H2,1-2H3,(H,70,73)/b33-18-. The highest BCUT2D eigenvalue weighted by atomic mass is 16.5. The fourth-order valence-electron chi connectivity index (χ4n) is 11.1. The molecule has 0 aromatic heterocycles. The van der Waals surface area contributed by atoms with Crippen LogP contribution < -0.4 is 5.32 Å². The predicted octanol–water partition coefficient (Wildman–Crippen LogP) is 22.0. The maximum absolute atomic E-state index is 12.5. The van der Waals surface area contributed by atoms with Crippen LogP contribution in [0, 0.1) is 0 Å². The molecular weight excluding hydrogens is 923 g/mol. The van der Waals surface area contributed by atoms with Gasteiger partial charge in [0, 0.05) is 12.8 Å². The van der Waals surface area contributed by atoms with Crippen molar-refractivity contribution in [2.75, 3.05) is 13.2 Å². The summed E-state index contributed by atoms with van der Waals surface area (Å²) < 4.78 is 5.49. The van der Waals surface area contributed by atoms with Gasteiger partial charge in [-0.3, -0.25) is 9.59 Å². The number of amides is 1. The Labute approximate surface area is 469 Å². The van der Waals surface area contributed by atoms with E-state index in [9.17, 15) is 19.8 Å². The van der Waals surface area contributed by atoms with Crippen molar-refractivity contribution < 1.29 is 24.5 Å². The van der Waals surface area contributed by atoms with Crippen LogP contribution in [0.25, 0.3) is 0 Å². The number of unbranched alkanes of at least 4 members (excludes halogenated alkanes) is 52. The van der Waals surface area contributed by atoms with Crippen molar-refractivity contribution in [3.05, 3.63) is 12.2 Å². The molecule has 446 valence electrons. The Morgan fingerprint density at radius 3 is 0.947 bits per heavy atom. The highest BCUT2D eigenvalue weighted by molar-refractivity contribution is 5.76. The predicted molar refractivity (Wildman–Crippen MR) is 329 cm³/mol. The molecule has 6 heteroatoms. The number of aliphatic hydroxyl groups excluding tert-OH is 2. The van der Waals surface area contributed by atoms with Gasteiger partial charge in [0.1, 0.15) is 0 Å². The smallest absolute Gasteiger partial charge is 0.305 e. The number of carbonyl (C=O) groups excluding carboxylic acids is 2. The molecule has 0 aromatic carbocycles. The summed E-state index contributed by atoms with van der Waals surface area (Å²) in [6.07, 6.45) is 79.6. The number of carbonyl (C=O) groups is 2. The minimum Gasteiger partial charge on any atom is -0.466 e. The number of nitrogens with one attached hydrogen (secondary N) is 1. The second-order valence-electron chi connectivity index (χ2n) is 23.9. The van der Waals surface area contributed by atoms with Crippen LogP contribution in [0.15, 0.2) is 12.2 Å². The first-order valence-corrected chi connectivity index (χ1v) is 34.4. The van der Waals surface area contributed by atoms with Gasteiger partial charge in [0.2, 0.25) is 5.91 Å². The third-order valence-corrected chi connectivity index (χ3v) is 16.3. The average molecular weight is 1060 g/mol. The maximum Gasteiger partial charge on any atom is 0.305 e. The number of rotatable bonds is 65. The molecule has 0 saturated carbocycles. The lowest BCUT2D eigenvalue weighted by atomic mass is 10.0. The molecule has 1 amide bonds. The SMILES string of the molecule is CCCCCCCC/C=C\CCCCCCCC(=O)OCCCCCCCCCCCCCCCCCCCCCCC(=O)NC(CO)C(O)CCCCCCCCCCCCCCCCCCCCCCCCC. The van der Waals surface area contributed by atoms with Crippen molar-refractivity contribution in [3.63, 3.8) is 0 Å². The minimum atomic E-state index is -0.667. The van der Waals surface area contributed by atoms with E-state index in [-0.39, 0.29) is 18.5 Å². The van der Waals surface area contributed by atoms with Crippen LogP contribution in [0.3, 0.4) is 0 Å². The maximum atomic E-state index is 12.5. The van der Waals surface area contributed by atoms with Gasteiger partial charge in [-0.15, -0.1) is 0 Å². The van der Waals surface area contributed by atoms with E-state index in [0.717, 1.165) is 44.9 Å². The van der Waals surface area contributed by atoms with Crippen LogP contribution in [-0.4, -0.2) is 47.4 Å². The number of ether oxygens (including phenoxy) is 1. The second-order valence-corrected chi connectivity index (χ2v) is 23.9. The fourth-order valence-corrected chi connectivity index (χ4v) is 11.1. The van der Waals surface area contributed by atoms with E-state index >= 15 is 0 Å². The summed E-state index contributed by atoms with van der Waals surface area (Å²) in [7, 11) is 0. The molecule has 6 nitrogen and oxygen atoms in total. The molecule has 0 heterocycles. The number of allylic oxidation sites excluding steroid dienone is 2. The van der Waals surface area contributed by atoms with Gasteiger partial charge in [-0.05, 0) is 51.4 Å². The molecule has 0 spiro atoms. The van der Waals surface area contributed by atoms with Gasteiger partial charge in [-0.2, -0.15) is 0 Å². The Bertz CT molecular complexity index is 1130. The van der Waals surface area contributed by atoms with E-state index in [1.807, 2.05) is 0 Å². The van der Waals surface area contributed by atoms with E-state index in [0.29, 0.717) is 25.9 Å². The molecular formula is C69H135NO5. The summed E-state index contributed by atoms with van der Waals surface area (Å²) >= 11 is 0. The summed E-state index contributed by atoms with van der Waals surface area (Å²) in [5, 5.41) is 23.4. The molecule has 2 atom stereocenters. The fraction of sp³-hybridized carbons (Fsp3) is 0.942. The summed E-state index contributed by atoms with van der Waals surface area (Å²) in [4.78, 5) is 24.6.